The predicted molar refractivity (Wildman–Crippen MR) is 190 cm³/mol. The molecule has 0 saturated heterocycles. The van der Waals surface area contributed by atoms with Crippen molar-refractivity contribution < 1.29 is 49.0 Å². The second kappa shape index (κ2) is 16.6. The summed E-state index contributed by atoms with van der Waals surface area (Å²) >= 11 is 1.67. The van der Waals surface area contributed by atoms with E-state index < -0.39 is 0 Å². The maximum absolute atomic E-state index is 2.62. The minimum Gasteiger partial charge on any atom is -1.00 e. The minimum absolute atomic E-state index is 0. The fraction of sp³-hybridized carbons (Fsp3) is 0.558. The van der Waals surface area contributed by atoms with Crippen LogP contribution in [0.15, 0.2) is 83.5 Å². The number of rotatable bonds is 6. The van der Waals surface area contributed by atoms with Crippen LogP contribution in [0.25, 0.3) is 5.57 Å². The first-order valence-corrected chi connectivity index (χ1v) is 18.8. The predicted octanol–water partition coefficient (Wildman–Crippen LogP) is 6.47. The monoisotopic (exact) mass is 736 g/mol. The van der Waals surface area contributed by atoms with Gasteiger partial charge in [0.15, 0.2) is 0 Å². The maximum Gasteiger partial charge on any atom is -0.00969 e. The van der Waals surface area contributed by atoms with Crippen molar-refractivity contribution in [3.05, 3.63) is 101 Å². The van der Waals surface area contributed by atoms with E-state index in [4.69, 9.17) is 0 Å². The normalized spacial score (nSPS) is 24.0. The van der Waals surface area contributed by atoms with Crippen molar-refractivity contribution in [2.75, 3.05) is 0 Å². The van der Waals surface area contributed by atoms with E-state index in [1.165, 1.54) is 62.5 Å². The molecule has 252 valence electrons. The quantitative estimate of drug-likeness (QED) is 0.299. The topological polar surface area (TPSA) is 0 Å². The molecule has 2 unspecified atom stereocenters. The van der Waals surface area contributed by atoms with Crippen LogP contribution in [0.2, 0.25) is 0 Å². The van der Waals surface area contributed by atoms with E-state index in [-0.39, 0.29) is 46.5 Å². The molecule has 3 heteroatoms. The Balaban J connectivity index is 0.000000362. The molecule has 0 bridgehead atoms. The number of benzene rings is 1. The van der Waals surface area contributed by atoms with Gasteiger partial charge >= 0.3 is 79.8 Å². The smallest absolute Gasteiger partial charge is 0.00969 e. The van der Waals surface area contributed by atoms with Gasteiger partial charge in [0.25, 0.3) is 0 Å². The Morgan fingerprint density at radius 1 is 0.870 bits per heavy atom. The van der Waals surface area contributed by atoms with E-state index in [9.17, 15) is 0 Å². The number of hydrogen-bond donors (Lipinski definition) is 0. The SMILES string of the molecule is CCCC[C](=[Zr+2])CCCC.C[C-]1C2=C3Cc4ccccc4C3=C3C=CCCC3C2(C)C(C)(C)C(C)(C)C1(C)C.[Cl-].[Cl-].c1cc[cH-]c1. The van der Waals surface area contributed by atoms with Crippen molar-refractivity contribution >= 4 is 8.78 Å². The van der Waals surface area contributed by atoms with Gasteiger partial charge in [-0.1, -0.05) is 113 Å². The van der Waals surface area contributed by atoms with E-state index in [0.717, 1.165) is 6.42 Å². The molecule has 2 aromatic rings. The van der Waals surface area contributed by atoms with Gasteiger partial charge < -0.3 is 24.8 Å². The number of unbranched alkanes of at least 4 members (excludes halogenated alkanes) is 2. The van der Waals surface area contributed by atoms with Gasteiger partial charge in [0.1, 0.15) is 0 Å². The zero-order valence-electron chi connectivity index (χ0n) is 30.5. The molecule has 1 fully saturated rings. The van der Waals surface area contributed by atoms with Crippen LogP contribution in [0.3, 0.4) is 0 Å². The summed E-state index contributed by atoms with van der Waals surface area (Å²) in [5.41, 5.74) is 10.3. The Bertz CT molecular complexity index is 1360. The van der Waals surface area contributed by atoms with Gasteiger partial charge in [0.05, 0.1) is 0 Å². The van der Waals surface area contributed by atoms with E-state index in [2.05, 4.69) is 106 Å². The van der Waals surface area contributed by atoms with Crippen molar-refractivity contribution in [2.45, 2.75) is 127 Å². The molecule has 4 aliphatic rings. The summed E-state index contributed by atoms with van der Waals surface area (Å²) in [4.78, 5) is 0. The first kappa shape index (κ1) is 41.2. The second-order valence-corrected chi connectivity index (χ2v) is 17.3. The molecule has 1 saturated carbocycles. The molecule has 0 amide bonds. The molecular formula is C43H60Cl2Zr-2. The third kappa shape index (κ3) is 7.15. The van der Waals surface area contributed by atoms with Gasteiger partial charge in [0, 0.05) is 0 Å². The Morgan fingerprint density at radius 3 is 2.00 bits per heavy atom. The molecule has 0 radical (unpaired) electrons. The second-order valence-electron chi connectivity index (χ2n) is 15.5. The molecule has 4 aliphatic carbocycles. The van der Waals surface area contributed by atoms with Gasteiger partial charge in [0.2, 0.25) is 0 Å². The van der Waals surface area contributed by atoms with Crippen molar-refractivity contribution in [3.63, 3.8) is 0 Å². The molecule has 0 spiro atoms. The summed E-state index contributed by atoms with van der Waals surface area (Å²) < 4.78 is 1.79. The zero-order chi connectivity index (χ0) is 32.3. The molecule has 2 atom stereocenters. The van der Waals surface area contributed by atoms with Crippen LogP contribution in [-0.4, -0.2) is 3.21 Å². The summed E-state index contributed by atoms with van der Waals surface area (Å²) in [6, 6.07) is 19.2. The van der Waals surface area contributed by atoms with Crippen LogP contribution in [0.5, 0.6) is 0 Å². The van der Waals surface area contributed by atoms with Gasteiger partial charge in [-0.2, -0.15) is 29.3 Å². The molecular weight excluding hydrogens is 679 g/mol. The molecule has 0 aromatic heterocycles. The molecule has 0 N–H and O–H groups in total. The van der Waals surface area contributed by atoms with E-state index >= 15 is 0 Å². The summed E-state index contributed by atoms with van der Waals surface area (Å²) in [7, 11) is 0. The van der Waals surface area contributed by atoms with Crippen LogP contribution >= 0.6 is 0 Å². The molecule has 0 nitrogen and oxygen atoms in total. The maximum atomic E-state index is 2.62. The van der Waals surface area contributed by atoms with Gasteiger partial charge in [-0.05, 0) is 40.6 Å². The van der Waals surface area contributed by atoms with Crippen molar-refractivity contribution in [1.82, 2.24) is 0 Å². The standard InChI is InChI=1S/C29H37.C9H18.C5H5.2ClH.Zr/c1-18-25-22-17-19-13-9-10-14-20(19)24(22)21-15-11-12-16-23(21)29(25,8)28(6,7)27(4,5)26(18,2)3;1-3-5-7-9-8-6-4-2;1-2-4-5-3-1;;;/h9-11,13-15,23H,12,16-17H2,1-8H3;3-8H2,1-2H3;1-5H;2*1H;/q-1;;-1;;;+2/p-2. The number of halogens is 2. The fourth-order valence-electron chi connectivity index (χ4n) is 8.79. The van der Waals surface area contributed by atoms with Crippen molar-refractivity contribution in [3.8, 4) is 0 Å². The Labute approximate surface area is 310 Å². The van der Waals surface area contributed by atoms with Gasteiger partial charge in [-0.3, -0.25) is 0 Å². The summed E-state index contributed by atoms with van der Waals surface area (Å²) in [6.07, 6.45) is 16.8. The first-order chi connectivity index (χ1) is 20.8. The Morgan fingerprint density at radius 2 is 1.46 bits per heavy atom. The zero-order valence-corrected chi connectivity index (χ0v) is 34.5. The van der Waals surface area contributed by atoms with Gasteiger partial charge in [-0.25, -0.2) is 18.1 Å². The summed E-state index contributed by atoms with van der Waals surface area (Å²) in [5, 5.41) is 0. The van der Waals surface area contributed by atoms with E-state index in [1.807, 2.05) is 30.3 Å². The van der Waals surface area contributed by atoms with Crippen LogP contribution in [-0.2, 0) is 30.7 Å². The van der Waals surface area contributed by atoms with Crippen LogP contribution in [0.4, 0.5) is 0 Å². The molecule has 46 heavy (non-hydrogen) atoms. The average Bonchev–Trinajstić information content (AvgIpc) is 3.71. The fourth-order valence-corrected chi connectivity index (χ4v) is 9.66. The first-order valence-electron chi connectivity index (χ1n) is 17.6. The average molecular weight is 739 g/mol. The summed E-state index contributed by atoms with van der Waals surface area (Å²) in [6.45, 7) is 24.8. The molecule has 2 aromatic carbocycles. The summed E-state index contributed by atoms with van der Waals surface area (Å²) in [5.74, 6) is 2.24. The van der Waals surface area contributed by atoms with Crippen molar-refractivity contribution in [1.29, 1.82) is 0 Å². The largest absolute Gasteiger partial charge is 1.00 e. The van der Waals surface area contributed by atoms with Crippen molar-refractivity contribution in [2.24, 2.45) is 27.6 Å². The number of hydrogen-bond acceptors (Lipinski definition) is 0. The van der Waals surface area contributed by atoms with E-state index in [0.29, 0.717) is 5.92 Å². The molecule has 0 aliphatic heterocycles. The van der Waals surface area contributed by atoms with Crippen LogP contribution < -0.4 is 24.8 Å². The minimum atomic E-state index is 0. The van der Waals surface area contributed by atoms with Gasteiger partial charge in [-0.15, -0.1) is 6.92 Å². The van der Waals surface area contributed by atoms with Crippen LogP contribution in [0.1, 0.15) is 132 Å². The molecule has 0 heterocycles. The molecule has 6 rings (SSSR count). The third-order valence-electron chi connectivity index (χ3n) is 13.0. The number of allylic oxidation sites excluding steroid dienone is 6. The van der Waals surface area contributed by atoms with E-state index in [1.54, 1.807) is 55.7 Å². The van der Waals surface area contributed by atoms with Crippen LogP contribution in [0, 0.1) is 33.5 Å². The number of fused-ring (bicyclic) bond motifs is 6. The Hall–Kier alpha value is -1.01. The third-order valence-corrected chi connectivity index (χ3v) is 14.2. The Kier molecular flexibility index (Phi) is 14.9.